The van der Waals surface area contributed by atoms with E-state index in [0.29, 0.717) is 5.56 Å². The van der Waals surface area contributed by atoms with Crippen molar-refractivity contribution in [3.8, 4) is 0 Å². The molecule has 0 aliphatic rings. The molecule has 2 amide bonds. The molecule has 1 rings (SSSR count). The van der Waals surface area contributed by atoms with Crippen molar-refractivity contribution in [3.05, 3.63) is 35.4 Å². The number of aromatic carboxylic acids is 1. The van der Waals surface area contributed by atoms with Crippen LogP contribution < -0.4 is 5.32 Å². The van der Waals surface area contributed by atoms with Crippen LogP contribution in [0.5, 0.6) is 0 Å². The van der Waals surface area contributed by atoms with Crippen molar-refractivity contribution in [1.29, 1.82) is 0 Å². The van der Waals surface area contributed by atoms with Gasteiger partial charge in [0.2, 0.25) is 0 Å². The van der Waals surface area contributed by atoms with E-state index in [1.54, 1.807) is 12.1 Å². The third-order valence-electron chi connectivity index (χ3n) is 2.76. The van der Waals surface area contributed by atoms with Crippen LogP contribution in [0.3, 0.4) is 0 Å². The highest BCUT2D eigenvalue weighted by molar-refractivity contribution is 7.90. The highest BCUT2D eigenvalue weighted by Gasteiger charge is 2.11. The second-order valence-electron chi connectivity index (χ2n) is 4.72. The first-order chi connectivity index (χ1) is 9.69. The van der Waals surface area contributed by atoms with Gasteiger partial charge in [0.25, 0.3) is 0 Å². The number of carboxylic acids is 1. The maximum atomic E-state index is 11.8. The second kappa shape index (κ2) is 7.07. The molecular formula is C13H18N2O5S. The Morgan fingerprint density at radius 1 is 1.33 bits per heavy atom. The summed E-state index contributed by atoms with van der Waals surface area (Å²) < 4.78 is 22.0. The quantitative estimate of drug-likeness (QED) is 0.799. The van der Waals surface area contributed by atoms with E-state index in [1.165, 1.54) is 24.1 Å². The van der Waals surface area contributed by atoms with E-state index in [0.717, 1.165) is 6.26 Å². The lowest BCUT2D eigenvalue weighted by Gasteiger charge is -2.17. The minimum atomic E-state index is -3.12. The number of amides is 2. The second-order valence-corrected chi connectivity index (χ2v) is 6.98. The number of rotatable bonds is 6. The number of nitrogens with one attached hydrogen (secondary N) is 1. The number of carbonyl (C=O) groups excluding carboxylic acids is 1. The lowest BCUT2D eigenvalue weighted by molar-refractivity contribution is 0.0696. The lowest BCUT2D eigenvalue weighted by atomic mass is 10.1. The van der Waals surface area contributed by atoms with Gasteiger partial charge in [-0.1, -0.05) is 12.1 Å². The number of sulfone groups is 1. The predicted octanol–water partition coefficient (Wildman–Crippen LogP) is 0.571. The van der Waals surface area contributed by atoms with Crippen LogP contribution in [0.4, 0.5) is 4.79 Å². The first-order valence-corrected chi connectivity index (χ1v) is 8.24. The number of benzene rings is 1. The standard InChI is InChI=1S/C13H18N2O5S/c1-15(6-7-21(2,19)20)13(18)14-9-10-4-3-5-11(8-10)12(16)17/h3-5,8H,6-7,9H2,1-2H3,(H,14,18)(H,16,17). The zero-order valence-electron chi connectivity index (χ0n) is 11.9. The fourth-order valence-electron chi connectivity index (χ4n) is 1.53. The monoisotopic (exact) mass is 314 g/mol. The van der Waals surface area contributed by atoms with Crippen molar-refractivity contribution in [2.75, 3.05) is 25.6 Å². The molecule has 1 aromatic carbocycles. The van der Waals surface area contributed by atoms with E-state index < -0.39 is 21.8 Å². The summed E-state index contributed by atoms with van der Waals surface area (Å²) in [6.45, 7) is 0.267. The van der Waals surface area contributed by atoms with E-state index in [-0.39, 0.29) is 24.4 Å². The van der Waals surface area contributed by atoms with Gasteiger partial charge in [0.1, 0.15) is 9.84 Å². The average molecular weight is 314 g/mol. The molecule has 0 bridgehead atoms. The molecule has 0 aliphatic heterocycles. The molecular weight excluding hydrogens is 296 g/mol. The molecule has 8 heteroatoms. The molecule has 0 atom stereocenters. The van der Waals surface area contributed by atoms with Crippen LogP contribution in [0.1, 0.15) is 15.9 Å². The average Bonchev–Trinajstić information content (AvgIpc) is 2.41. The van der Waals surface area contributed by atoms with Crippen LogP contribution in [0.2, 0.25) is 0 Å². The fraction of sp³-hybridized carbons (Fsp3) is 0.385. The van der Waals surface area contributed by atoms with Gasteiger partial charge >= 0.3 is 12.0 Å². The van der Waals surface area contributed by atoms with Gasteiger partial charge in [-0.15, -0.1) is 0 Å². The summed E-state index contributed by atoms with van der Waals surface area (Å²) in [4.78, 5) is 23.8. The number of carbonyl (C=O) groups is 2. The topological polar surface area (TPSA) is 104 Å². The molecule has 0 aliphatic carbocycles. The van der Waals surface area contributed by atoms with Gasteiger partial charge in [0.05, 0.1) is 11.3 Å². The van der Waals surface area contributed by atoms with Crippen molar-refractivity contribution < 1.29 is 23.1 Å². The number of hydrogen-bond donors (Lipinski definition) is 2. The maximum Gasteiger partial charge on any atom is 0.335 e. The Balaban J connectivity index is 2.52. The Kier molecular flexibility index (Phi) is 5.71. The molecule has 7 nitrogen and oxygen atoms in total. The Hall–Kier alpha value is -2.09. The summed E-state index contributed by atoms with van der Waals surface area (Å²) in [6.07, 6.45) is 1.11. The number of nitrogens with zero attached hydrogens (tertiary/aromatic N) is 1. The molecule has 0 radical (unpaired) electrons. The smallest absolute Gasteiger partial charge is 0.335 e. The summed E-state index contributed by atoms with van der Waals surface area (Å²) in [5.41, 5.74) is 0.798. The summed E-state index contributed by atoms with van der Waals surface area (Å²) in [7, 11) is -1.63. The minimum absolute atomic E-state index is 0.0971. The van der Waals surface area contributed by atoms with Gasteiger partial charge in [-0.2, -0.15) is 0 Å². The van der Waals surface area contributed by atoms with E-state index >= 15 is 0 Å². The fourth-order valence-corrected chi connectivity index (χ4v) is 2.14. The zero-order valence-corrected chi connectivity index (χ0v) is 12.7. The summed E-state index contributed by atoms with van der Waals surface area (Å²) in [5.74, 6) is -1.14. The summed E-state index contributed by atoms with van der Waals surface area (Å²) >= 11 is 0. The van der Waals surface area contributed by atoms with Crippen LogP contribution in [-0.4, -0.2) is 56.0 Å². The van der Waals surface area contributed by atoms with Crippen LogP contribution in [0.15, 0.2) is 24.3 Å². The third kappa shape index (κ3) is 6.26. The third-order valence-corrected chi connectivity index (χ3v) is 3.69. The van der Waals surface area contributed by atoms with Gasteiger partial charge in [-0.05, 0) is 17.7 Å². The van der Waals surface area contributed by atoms with Crippen LogP contribution in [0, 0.1) is 0 Å². The van der Waals surface area contributed by atoms with Crippen molar-refractivity contribution in [2.45, 2.75) is 6.54 Å². The normalized spacial score (nSPS) is 11.0. The Morgan fingerprint density at radius 3 is 2.57 bits per heavy atom. The molecule has 21 heavy (non-hydrogen) atoms. The Morgan fingerprint density at radius 2 is 2.00 bits per heavy atom. The van der Waals surface area contributed by atoms with Crippen molar-refractivity contribution in [1.82, 2.24) is 10.2 Å². The van der Waals surface area contributed by atoms with E-state index in [4.69, 9.17) is 5.11 Å². The first kappa shape index (κ1) is 17.0. The molecule has 2 N–H and O–H groups in total. The van der Waals surface area contributed by atoms with Crippen molar-refractivity contribution in [3.63, 3.8) is 0 Å². The molecule has 0 heterocycles. The van der Waals surface area contributed by atoms with E-state index in [1.807, 2.05) is 0 Å². The highest BCUT2D eigenvalue weighted by Crippen LogP contribution is 2.05. The van der Waals surface area contributed by atoms with Gasteiger partial charge in [-0.25, -0.2) is 18.0 Å². The molecule has 116 valence electrons. The minimum Gasteiger partial charge on any atom is -0.478 e. The van der Waals surface area contributed by atoms with Gasteiger partial charge in [0.15, 0.2) is 0 Å². The zero-order chi connectivity index (χ0) is 16.0. The predicted molar refractivity (Wildman–Crippen MR) is 78.0 cm³/mol. The van der Waals surface area contributed by atoms with Gasteiger partial charge in [0, 0.05) is 26.4 Å². The Bertz CT molecular complexity index is 627. The first-order valence-electron chi connectivity index (χ1n) is 6.18. The highest BCUT2D eigenvalue weighted by atomic mass is 32.2. The van der Waals surface area contributed by atoms with Gasteiger partial charge in [-0.3, -0.25) is 0 Å². The van der Waals surface area contributed by atoms with E-state index in [9.17, 15) is 18.0 Å². The number of urea groups is 1. The van der Waals surface area contributed by atoms with Crippen LogP contribution >= 0.6 is 0 Å². The SMILES string of the molecule is CN(CCS(C)(=O)=O)C(=O)NCc1cccc(C(=O)O)c1. The lowest BCUT2D eigenvalue weighted by Crippen LogP contribution is -2.39. The summed E-state index contributed by atoms with van der Waals surface area (Å²) in [5, 5.41) is 11.5. The molecule has 0 unspecified atom stereocenters. The molecule has 0 aromatic heterocycles. The summed E-state index contributed by atoms with van der Waals surface area (Å²) in [6, 6.07) is 5.81. The maximum absolute atomic E-state index is 11.8. The molecule has 0 fully saturated rings. The van der Waals surface area contributed by atoms with Crippen molar-refractivity contribution in [2.24, 2.45) is 0 Å². The van der Waals surface area contributed by atoms with Gasteiger partial charge < -0.3 is 15.3 Å². The van der Waals surface area contributed by atoms with Crippen LogP contribution in [-0.2, 0) is 16.4 Å². The Labute approximate surface area is 123 Å². The molecule has 0 spiro atoms. The van der Waals surface area contributed by atoms with Crippen molar-refractivity contribution >= 4 is 21.8 Å². The molecule has 0 saturated carbocycles. The number of carboxylic acid groups (broad SMARTS) is 1. The largest absolute Gasteiger partial charge is 0.478 e. The molecule has 1 aromatic rings. The van der Waals surface area contributed by atoms with E-state index in [2.05, 4.69) is 5.32 Å². The molecule has 0 saturated heterocycles. The number of hydrogen-bond acceptors (Lipinski definition) is 4. The van der Waals surface area contributed by atoms with Crippen LogP contribution in [0.25, 0.3) is 0 Å².